The number of halogens is 1. The zero-order chi connectivity index (χ0) is 17.5. The van der Waals surface area contributed by atoms with Crippen molar-refractivity contribution >= 4 is 33.3 Å². The van der Waals surface area contributed by atoms with E-state index in [9.17, 15) is 0 Å². The summed E-state index contributed by atoms with van der Waals surface area (Å²) in [6.45, 7) is 0. The zero-order valence-electron chi connectivity index (χ0n) is 13.9. The molecule has 0 saturated carbocycles. The minimum Gasteiger partial charge on any atom is -0.455 e. The molecule has 1 heterocycles. The van der Waals surface area contributed by atoms with Gasteiger partial charge in [0.2, 0.25) is 0 Å². The minimum atomic E-state index is 0.717. The molecule has 0 aliphatic heterocycles. The second-order valence-electron chi connectivity index (χ2n) is 6.41. The molecular weight excluding hydrogens is 340 g/mol. The lowest BCUT2D eigenvalue weighted by atomic mass is 10.0. The standard InChI is InChI=1S/C24H15ClO/c25-21-12-11-17-9-10-20-14-23(26-24(20)22(17)15-21)19-8-4-7-18(13-19)16-5-2-1-3-6-16/h1-15H. The van der Waals surface area contributed by atoms with Gasteiger partial charge in [0, 0.05) is 21.4 Å². The van der Waals surface area contributed by atoms with Crippen LogP contribution in [0.2, 0.25) is 5.02 Å². The van der Waals surface area contributed by atoms with Crippen molar-refractivity contribution in [3.8, 4) is 22.5 Å². The third kappa shape index (κ3) is 2.58. The lowest BCUT2D eigenvalue weighted by molar-refractivity contribution is 0.635. The first-order valence-corrected chi connectivity index (χ1v) is 8.93. The summed E-state index contributed by atoms with van der Waals surface area (Å²) in [4.78, 5) is 0. The third-order valence-electron chi connectivity index (χ3n) is 4.72. The molecule has 0 aliphatic rings. The molecular formula is C24H15ClO. The highest BCUT2D eigenvalue weighted by Gasteiger charge is 2.10. The first kappa shape index (κ1) is 15.2. The van der Waals surface area contributed by atoms with Gasteiger partial charge in [-0.25, -0.2) is 0 Å². The van der Waals surface area contributed by atoms with E-state index in [0.29, 0.717) is 5.02 Å². The van der Waals surface area contributed by atoms with Crippen molar-refractivity contribution in [3.05, 3.63) is 96.0 Å². The van der Waals surface area contributed by atoms with E-state index in [-0.39, 0.29) is 0 Å². The second-order valence-corrected chi connectivity index (χ2v) is 6.84. The van der Waals surface area contributed by atoms with Crippen LogP contribution in [0.4, 0.5) is 0 Å². The predicted octanol–water partition coefficient (Wildman–Crippen LogP) is 7.57. The minimum absolute atomic E-state index is 0.717. The van der Waals surface area contributed by atoms with E-state index in [4.69, 9.17) is 16.0 Å². The lowest BCUT2D eigenvalue weighted by Gasteiger charge is -2.03. The maximum atomic E-state index is 6.25. The van der Waals surface area contributed by atoms with Crippen LogP contribution in [0.5, 0.6) is 0 Å². The summed E-state index contributed by atoms with van der Waals surface area (Å²) in [7, 11) is 0. The number of benzene rings is 4. The van der Waals surface area contributed by atoms with Crippen molar-refractivity contribution < 1.29 is 4.42 Å². The average Bonchev–Trinajstić information content (AvgIpc) is 3.14. The highest BCUT2D eigenvalue weighted by Crippen LogP contribution is 2.35. The molecule has 0 unspecified atom stereocenters. The van der Waals surface area contributed by atoms with Gasteiger partial charge in [0.25, 0.3) is 0 Å². The number of furan rings is 1. The van der Waals surface area contributed by atoms with E-state index in [1.807, 2.05) is 24.3 Å². The topological polar surface area (TPSA) is 13.1 Å². The Bertz CT molecular complexity index is 1240. The molecule has 5 rings (SSSR count). The van der Waals surface area contributed by atoms with Crippen LogP contribution in [0.15, 0.2) is 95.4 Å². The summed E-state index contributed by atoms with van der Waals surface area (Å²) < 4.78 is 6.25. The Labute approximate surface area is 156 Å². The Morgan fingerprint density at radius 3 is 2.19 bits per heavy atom. The Balaban J connectivity index is 1.68. The van der Waals surface area contributed by atoms with Crippen LogP contribution in [0, 0.1) is 0 Å². The van der Waals surface area contributed by atoms with Gasteiger partial charge in [0.1, 0.15) is 11.3 Å². The van der Waals surface area contributed by atoms with Crippen LogP contribution in [-0.2, 0) is 0 Å². The van der Waals surface area contributed by atoms with Gasteiger partial charge in [-0.2, -0.15) is 0 Å². The first-order valence-electron chi connectivity index (χ1n) is 8.56. The summed E-state index contributed by atoms with van der Waals surface area (Å²) in [5.74, 6) is 0.866. The number of fused-ring (bicyclic) bond motifs is 3. The smallest absolute Gasteiger partial charge is 0.142 e. The largest absolute Gasteiger partial charge is 0.455 e. The molecule has 0 amide bonds. The molecule has 0 N–H and O–H groups in total. The number of rotatable bonds is 2. The summed E-state index contributed by atoms with van der Waals surface area (Å²) in [5.41, 5.74) is 4.32. The van der Waals surface area contributed by atoms with Gasteiger partial charge in [-0.05, 0) is 40.8 Å². The normalized spacial score (nSPS) is 11.3. The summed E-state index contributed by atoms with van der Waals surface area (Å²) >= 11 is 6.19. The fourth-order valence-corrected chi connectivity index (χ4v) is 3.59. The maximum absolute atomic E-state index is 6.25. The molecule has 0 spiro atoms. The highest BCUT2D eigenvalue weighted by molar-refractivity contribution is 6.31. The van der Waals surface area contributed by atoms with Crippen LogP contribution in [0.25, 0.3) is 44.2 Å². The Kier molecular flexibility index (Phi) is 3.55. The van der Waals surface area contributed by atoms with Crippen molar-refractivity contribution in [2.75, 3.05) is 0 Å². The van der Waals surface area contributed by atoms with Gasteiger partial charge in [-0.3, -0.25) is 0 Å². The van der Waals surface area contributed by atoms with Crippen molar-refractivity contribution in [1.82, 2.24) is 0 Å². The van der Waals surface area contributed by atoms with Crippen LogP contribution >= 0.6 is 11.6 Å². The van der Waals surface area contributed by atoms with Crippen LogP contribution in [0.1, 0.15) is 0 Å². The molecule has 0 atom stereocenters. The molecule has 2 heteroatoms. The van der Waals surface area contributed by atoms with E-state index in [0.717, 1.165) is 33.1 Å². The molecule has 124 valence electrons. The number of hydrogen-bond donors (Lipinski definition) is 0. The van der Waals surface area contributed by atoms with Crippen LogP contribution < -0.4 is 0 Å². The van der Waals surface area contributed by atoms with Crippen LogP contribution in [-0.4, -0.2) is 0 Å². The van der Waals surface area contributed by atoms with Crippen molar-refractivity contribution in [3.63, 3.8) is 0 Å². The lowest BCUT2D eigenvalue weighted by Crippen LogP contribution is -1.79. The molecule has 0 saturated heterocycles. The van der Waals surface area contributed by atoms with E-state index < -0.39 is 0 Å². The molecule has 1 aromatic heterocycles. The fourth-order valence-electron chi connectivity index (χ4n) is 3.41. The van der Waals surface area contributed by atoms with Crippen molar-refractivity contribution in [1.29, 1.82) is 0 Å². The highest BCUT2D eigenvalue weighted by atomic mass is 35.5. The monoisotopic (exact) mass is 354 g/mol. The zero-order valence-corrected chi connectivity index (χ0v) is 14.7. The van der Waals surface area contributed by atoms with E-state index in [2.05, 4.69) is 66.7 Å². The molecule has 0 aliphatic carbocycles. The molecule has 0 radical (unpaired) electrons. The fraction of sp³-hybridized carbons (Fsp3) is 0. The van der Waals surface area contributed by atoms with Gasteiger partial charge in [0.15, 0.2) is 0 Å². The number of hydrogen-bond acceptors (Lipinski definition) is 1. The van der Waals surface area contributed by atoms with E-state index in [1.54, 1.807) is 0 Å². The van der Waals surface area contributed by atoms with Gasteiger partial charge in [0.05, 0.1) is 0 Å². The maximum Gasteiger partial charge on any atom is 0.142 e. The molecule has 5 aromatic rings. The van der Waals surface area contributed by atoms with Crippen molar-refractivity contribution in [2.45, 2.75) is 0 Å². The first-order chi connectivity index (χ1) is 12.8. The average molecular weight is 355 g/mol. The van der Waals surface area contributed by atoms with E-state index >= 15 is 0 Å². The van der Waals surface area contributed by atoms with Gasteiger partial charge in [-0.1, -0.05) is 78.3 Å². The van der Waals surface area contributed by atoms with Gasteiger partial charge in [-0.15, -0.1) is 0 Å². The van der Waals surface area contributed by atoms with Crippen LogP contribution in [0.3, 0.4) is 0 Å². The van der Waals surface area contributed by atoms with Gasteiger partial charge < -0.3 is 4.42 Å². The van der Waals surface area contributed by atoms with E-state index in [1.165, 1.54) is 11.1 Å². The summed E-state index contributed by atoms with van der Waals surface area (Å²) in [6, 6.07) is 31.0. The Hall–Kier alpha value is -3.03. The quantitative estimate of drug-likeness (QED) is 0.318. The van der Waals surface area contributed by atoms with Crippen molar-refractivity contribution in [2.24, 2.45) is 0 Å². The summed E-state index contributed by atoms with van der Waals surface area (Å²) in [6.07, 6.45) is 0. The molecule has 0 fully saturated rings. The molecule has 4 aromatic carbocycles. The summed E-state index contributed by atoms with van der Waals surface area (Å²) in [5, 5.41) is 3.97. The third-order valence-corrected chi connectivity index (χ3v) is 4.95. The SMILES string of the molecule is Clc1ccc2ccc3cc(-c4cccc(-c5ccccc5)c4)oc3c2c1. The van der Waals surface area contributed by atoms with Gasteiger partial charge >= 0.3 is 0 Å². The molecule has 1 nitrogen and oxygen atoms in total. The Morgan fingerprint density at radius 2 is 1.31 bits per heavy atom. The second kappa shape index (κ2) is 6.05. The molecule has 26 heavy (non-hydrogen) atoms. The molecule has 0 bridgehead atoms. The predicted molar refractivity (Wildman–Crippen MR) is 110 cm³/mol. The Morgan fingerprint density at radius 1 is 0.577 bits per heavy atom.